The molecule has 0 aliphatic heterocycles. The Balaban J connectivity index is 2.19. The molecule has 0 fully saturated rings. The van der Waals surface area contributed by atoms with E-state index in [4.69, 9.17) is 10.2 Å². The van der Waals surface area contributed by atoms with Crippen LogP contribution < -0.4 is 10.6 Å². The molecular weight excluding hydrogens is 266 g/mol. The van der Waals surface area contributed by atoms with Gasteiger partial charge in [-0.3, -0.25) is 9.78 Å². The second kappa shape index (κ2) is 8.83. The molecule has 0 unspecified atom stereocenters. The maximum Gasteiger partial charge on any atom is 0.407 e. The van der Waals surface area contributed by atoms with E-state index in [2.05, 4.69) is 20.4 Å². The number of aliphatic hydroxyl groups is 2. The predicted molar refractivity (Wildman–Crippen MR) is 69.0 cm³/mol. The second-order valence-corrected chi connectivity index (χ2v) is 3.82. The van der Waals surface area contributed by atoms with Gasteiger partial charge < -0.3 is 25.6 Å². The van der Waals surface area contributed by atoms with Crippen molar-refractivity contribution < 1.29 is 24.5 Å². The van der Waals surface area contributed by atoms with Crippen LogP contribution in [0.2, 0.25) is 0 Å². The van der Waals surface area contributed by atoms with Crippen LogP contribution in [0.3, 0.4) is 0 Å². The number of amides is 2. The molecule has 8 heteroatoms. The third-order valence-electron chi connectivity index (χ3n) is 2.28. The van der Waals surface area contributed by atoms with Gasteiger partial charge in [0, 0.05) is 25.5 Å². The van der Waals surface area contributed by atoms with Gasteiger partial charge in [0.15, 0.2) is 0 Å². The van der Waals surface area contributed by atoms with Crippen LogP contribution in [0.25, 0.3) is 0 Å². The standard InChI is InChI=1S/C12H17N3O5/c16-7-10(8-17)20-12(19)15-5-4-14-11(18)9-2-1-3-13-6-9/h1-3,6,10,16-17H,4-5,7-8H2,(H,14,18)(H,15,19). The Morgan fingerprint density at radius 1 is 1.25 bits per heavy atom. The smallest absolute Gasteiger partial charge is 0.407 e. The first kappa shape index (κ1) is 15.9. The van der Waals surface area contributed by atoms with Gasteiger partial charge in [-0.15, -0.1) is 0 Å². The number of aromatic nitrogens is 1. The molecular formula is C12H17N3O5. The van der Waals surface area contributed by atoms with Gasteiger partial charge in [-0.2, -0.15) is 0 Å². The van der Waals surface area contributed by atoms with E-state index < -0.39 is 25.4 Å². The largest absolute Gasteiger partial charge is 0.441 e. The molecule has 1 rings (SSSR count). The highest BCUT2D eigenvalue weighted by atomic mass is 16.6. The van der Waals surface area contributed by atoms with E-state index in [1.54, 1.807) is 18.3 Å². The predicted octanol–water partition coefficient (Wildman–Crippen LogP) is -1.11. The van der Waals surface area contributed by atoms with Crippen molar-refractivity contribution in [2.45, 2.75) is 6.10 Å². The highest BCUT2D eigenvalue weighted by Gasteiger charge is 2.11. The number of alkyl carbamates (subject to hydrolysis) is 1. The summed E-state index contributed by atoms with van der Waals surface area (Å²) in [5, 5.41) is 22.4. The Hall–Kier alpha value is -2.19. The van der Waals surface area contributed by atoms with Gasteiger partial charge in [-0.25, -0.2) is 4.79 Å². The van der Waals surface area contributed by atoms with Gasteiger partial charge in [-0.05, 0) is 12.1 Å². The number of carbonyl (C=O) groups is 2. The monoisotopic (exact) mass is 283 g/mol. The zero-order chi connectivity index (χ0) is 14.8. The lowest BCUT2D eigenvalue weighted by molar-refractivity contribution is 0.0224. The van der Waals surface area contributed by atoms with E-state index in [-0.39, 0.29) is 19.0 Å². The maximum atomic E-state index is 11.6. The fourth-order valence-electron chi connectivity index (χ4n) is 1.27. The third-order valence-corrected chi connectivity index (χ3v) is 2.28. The van der Waals surface area contributed by atoms with Crippen molar-refractivity contribution in [3.05, 3.63) is 30.1 Å². The van der Waals surface area contributed by atoms with Crippen LogP contribution in [0.1, 0.15) is 10.4 Å². The van der Waals surface area contributed by atoms with E-state index in [9.17, 15) is 9.59 Å². The van der Waals surface area contributed by atoms with E-state index in [0.717, 1.165) is 0 Å². The summed E-state index contributed by atoms with van der Waals surface area (Å²) in [7, 11) is 0. The molecule has 1 aromatic heterocycles. The number of aliphatic hydroxyl groups excluding tert-OH is 2. The molecule has 20 heavy (non-hydrogen) atoms. The molecule has 4 N–H and O–H groups in total. The lowest BCUT2D eigenvalue weighted by Crippen LogP contribution is -2.37. The minimum atomic E-state index is -0.944. The summed E-state index contributed by atoms with van der Waals surface area (Å²) in [5.41, 5.74) is 0.427. The normalized spacial score (nSPS) is 10.2. The van der Waals surface area contributed by atoms with Gasteiger partial charge in [0.2, 0.25) is 0 Å². The van der Waals surface area contributed by atoms with Gasteiger partial charge in [0.25, 0.3) is 5.91 Å². The van der Waals surface area contributed by atoms with Crippen LogP contribution in [0, 0.1) is 0 Å². The minimum absolute atomic E-state index is 0.161. The van der Waals surface area contributed by atoms with Crippen LogP contribution in [0.5, 0.6) is 0 Å². The average Bonchev–Trinajstić information content (AvgIpc) is 2.49. The molecule has 0 aliphatic carbocycles. The minimum Gasteiger partial charge on any atom is -0.441 e. The molecule has 0 atom stereocenters. The fraction of sp³-hybridized carbons (Fsp3) is 0.417. The lowest BCUT2D eigenvalue weighted by Gasteiger charge is -2.13. The number of nitrogens with one attached hydrogen (secondary N) is 2. The summed E-state index contributed by atoms with van der Waals surface area (Å²) in [6.07, 6.45) is 1.28. The molecule has 110 valence electrons. The summed E-state index contributed by atoms with van der Waals surface area (Å²) >= 11 is 0. The molecule has 0 spiro atoms. The lowest BCUT2D eigenvalue weighted by atomic mass is 10.3. The van der Waals surface area contributed by atoms with Gasteiger partial charge in [0.1, 0.15) is 6.10 Å². The summed E-state index contributed by atoms with van der Waals surface area (Å²) in [6, 6.07) is 3.27. The summed E-state index contributed by atoms with van der Waals surface area (Å²) < 4.78 is 4.67. The van der Waals surface area contributed by atoms with E-state index >= 15 is 0 Å². The molecule has 1 aromatic rings. The SMILES string of the molecule is O=C(NCCNC(=O)c1cccnc1)OC(CO)CO. The van der Waals surface area contributed by atoms with Crippen LogP contribution >= 0.6 is 0 Å². The average molecular weight is 283 g/mol. The van der Waals surface area contributed by atoms with Crippen molar-refractivity contribution in [1.82, 2.24) is 15.6 Å². The molecule has 0 radical (unpaired) electrons. The Morgan fingerprint density at radius 2 is 1.95 bits per heavy atom. The van der Waals surface area contributed by atoms with Crippen molar-refractivity contribution in [2.75, 3.05) is 26.3 Å². The van der Waals surface area contributed by atoms with Crippen LogP contribution in [-0.2, 0) is 4.74 Å². The number of nitrogens with zero attached hydrogens (tertiary/aromatic N) is 1. The molecule has 1 heterocycles. The first-order valence-electron chi connectivity index (χ1n) is 6.01. The topological polar surface area (TPSA) is 121 Å². The fourth-order valence-corrected chi connectivity index (χ4v) is 1.27. The molecule has 0 saturated heterocycles. The first-order valence-corrected chi connectivity index (χ1v) is 6.01. The Kier molecular flexibility index (Phi) is 7.01. The van der Waals surface area contributed by atoms with Crippen LogP contribution in [0.15, 0.2) is 24.5 Å². The van der Waals surface area contributed by atoms with E-state index in [1.807, 2.05) is 0 Å². The number of ether oxygens (including phenoxy) is 1. The quantitative estimate of drug-likeness (QED) is 0.471. The summed E-state index contributed by atoms with van der Waals surface area (Å²) in [4.78, 5) is 26.6. The molecule has 0 bridgehead atoms. The summed E-state index contributed by atoms with van der Waals surface area (Å²) in [6.45, 7) is -0.538. The van der Waals surface area contributed by atoms with Gasteiger partial charge >= 0.3 is 6.09 Å². The number of rotatable bonds is 7. The first-order chi connectivity index (χ1) is 9.67. The highest BCUT2D eigenvalue weighted by Crippen LogP contribution is 1.94. The van der Waals surface area contributed by atoms with E-state index in [1.165, 1.54) is 6.20 Å². The van der Waals surface area contributed by atoms with Gasteiger partial charge in [-0.1, -0.05) is 0 Å². The molecule has 0 aliphatic rings. The molecule has 0 saturated carbocycles. The van der Waals surface area contributed by atoms with Crippen molar-refractivity contribution in [2.24, 2.45) is 0 Å². The summed E-state index contributed by atoms with van der Waals surface area (Å²) in [5.74, 6) is -0.295. The zero-order valence-corrected chi connectivity index (χ0v) is 10.8. The molecule has 2 amide bonds. The van der Waals surface area contributed by atoms with Crippen molar-refractivity contribution in [3.63, 3.8) is 0 Å². The van der Waals surface area contributed by atoms with Crippen LogP contribution in [0.4, 0.5) is 4.79 Å². The Labute approximate surface area is 115 Å². The number of carbonyl (C=O) groups excluding carboxylic acids is 2. The van der Waals surface area contributed by atoms with Gasteiger partial charge in [0.05, 0.1) is 18.8 Å². The zero-order valence-electron chi connectivity index (χ0n) is 10.8. The maximum absolute atomic E-state index is 11.6. The van der Waals surface area contributed by atoms with Crippen LogP contribution in [-0.4, -0.2) is 59.6 Å². The highest BCUT2D eigenvalue weighted by molar-refractivity contribution is 5.93. The number of hydrogen-bond acceptors (Lipinski definition) is 6. The Bertz CT molecular complexity index is 422. The van der Waals surface area contributed by atoms with Crippen molar-refractivity contribution in [1.29, 1.82) is 0 Å². The van der Waals surface area contributed by atoms with Crippen molar-refractivity contribution in [3.8, 4) is 0 Å². The Morgan fingerprint density at radius 3 is 2.55 bits per heavy atom. The van der Waals surface area contributed by atoms with Crippen molar-refractivity contribution >= 4 is 12.0 Å². The second-order valence-electron chi connectivity index (χ2n) is 3.82. The number of hydrogen-bond donors (Lipinski definition) is 4. The molecule has 8 nitrogen and oxygen atoms in total. The molecule has 0 aromatic carbocycles. The van der Waals surface area contributed by atoms with E-state index in [0.29, 0.717) is 5.56 Å². The third kappa shape index (κ3) is 5.63. The number of pyridine rings is 1.